The summed E-state index contributed by atoms with van der Waals surface area (Å²) < 4.78 is 12.2. The van der Waals surface area contributed by atoms with Crippen molar-refractivity contribution in [1.82, 2.24) is 9.55 Å². The number of hydrogen-bond acceptors (Lipinski definition) is 6. The van der Waals surface area contributed by atoms with Gasteiger partial charge >= 0.3 is 0 Å². The molecule has 1 aliphatic carbocycles. The lowest BCUT2D eigenvalue weighted by Gasteiger charge is -2.13. The number of nitrogens with zero attached hydrogens (tertiary/aromatic N) is 2. The number of rotatable bonds is 7. The topological polar surface area (TPSA) is 73.6 Å². The molecule has 2 heterocycles. The third-order valence-corrected chi connectivity index (χ3v) is 6.04. The zero-order valence-electron chi connectivity index (χ0n) is 15.2. The van der Waals surface area contributed by atoms with Crippen LogP contribution in [0, 0.1) is 0 Å². The van der Waals surface area contributed by atoms with E-state index in [2.05, 4.69) is 4.98 Å². The molecule has 0 spiro atoms. The van der Waals surface area contributed by atoms with Gasteiger partial charge in [0.1, 0.15) is 10.6 Å². The zero-order chi connectivity index (χ0) is 18.8. The van der Waals surface area contributed by atoms with Crippen molar-refractivity contribution in [3.05, 3.63) is 57.0 Å². The SMILES string of the molecule is COc1ccc(COCC(O)Cn2cnc3sc4c(c3c2=O)CCC4)cc1. The van der Waals surface area contributed by atoms with E-state index in [-0.39, 0.29) is 18.7 Å². The predicted molar refractivity (Wildman–Crippen MR) is 105 cm³/mol. The second kappa shape index (κ2) is 7.80. The number of aromatic nitrogens is 2. The third-order valence-electron chi connectivity index (χ3n) is 4.84. The zero-order valence-corrected chi connectivity index (χ0v) is 16.0. The Hall–Kier alpha value is -2.22. The van der Waals surface area contributed by atoms with Crippen molar-refractivity contribution < 1.29 is 14.6 Å². The number of benzene rings is 1. The van der Waals surface area contributed by atoms with Crippen LogP contribution >= 0.6 is 11.3 Å². The summed E-state index contributed by atoms with van der Waals surface area (Å²) in [5, 5.41) is 11.0. The van der Waals surface area contributed by atoms with Crippen LogP contribution in [-0.4, -0.2) is 34.5 Å². The summed E-state index contributed by atoms with van der Waals surface area (Å²) in [6.45, 7) is 0.721. The quantitative estimate of drug-likeness (QED) is 0.676. The first-order chi connectivity index (χ1) is 13.2. The van der Waals surface area contributed by atoms with Crippen molar-refractivity contribution >= 4 is 21.6 Å². The molecule has 0 fully saturated rings. The monoisotopic (exact) mass is 386 g/mol. The summed E-state index contributed by atoms with van der Waals surface area (Å²) in [5.74, 6) is 0.793. The van der Waals surface area contributed by atoms with E-state index in [1.54, 1.807) is 18.4 Å². The van der Waals surface area contributed by atoms with Crippen molar-refractivity contribution in [1.29, 1.82) is 0 Å². The molecule has 0 amide bonds. The first-order valence-electron chi connectivity index (χ1n) is 9.04. The molecule has 0 saturated carbocycles. The predicted octanol–water partition coefficient (Wildman–Crippen LogP) is 2.53. The highest BCUT2D eigenvalue weighted by Gasteiger charge is 2.21. The molecule has 0 bridgehead atoms. The van der Waals surface area contributed by atoms with Gasteiger partial charge in [-0.1, -0.05) is 12.1 Å². The van der Waals surface area contributed by atoms with Gasteiger partial charge in [-0.05, 0) is 42.5 Å². The number of fused-ring (bicyclic) bond motifs is 3. The molecule has 3 aromatic rings. The molecule has 7 heteroatoms. The van der Waals surface area contributed by atoms with Gasteiger partial charge in [0.25, 0.3) is 5.56 Å². The lowest BCUT2D eigenvalue weighted by atomic mass is 10.2. The van der Waals surface area contributed by atoms with Gasteiger partial charge in [0.2, 0.25) is 0 Å². The Morgan fingerprint density at radius 3 is 2.89 bits per heavy atom. The second-order valence-corrected chi connectivity index (χ2v) is 7.84. The minimum absolute atomic E-state index is 0.0615. The average Bonchev–Trinajstić information content (AvgIpc) is 3.26. The Bertz CT molecular complexity index is 994. The number of aryl methyl sites for hydroxylation is 2. The van der Waals surface area contributed by atoms with Crippen LogP contribution < -0.4 is 10.3 Å². The van der Waals surface area contributed by atoms with Crippen molar-refractivity contribution in [3.63, 3.8) is 0 Å². The van der Waals surface area contributed by atoms with Crippen molar-refractivity contribution in [3.8, 4) is 5.75 Å². The van der Waals surface area contributed by atoms with Crippen molar-refractivity contribution in [2.45, 2.75) is 38.5 Å². The fourth-order valence-electron chi connectivity index (χ4n) is 3.46. The number of thiophene rings is 1. The molecule has 1 atom stereocenters. The van der Waals surface area contributed by atoms with Gasteiger partial charge < -0.3 is 14.6 Å². The lowest BCUT2D eigenvalue weighted by Crippen LogP contribution is -2.29. The molecule has 6 nitrogen and oxygen atoms in total. The third kappa shape index (κ3) is 3.76. The molecule has 0 radical (unpaired) electrons. The van der Waals surface area contributed by atoms with Crippen LogP contribution in [-0.2, 0) is 30.7 Å². The van der Waals surface area contributed by atoms with Gasteiger partial charge in [0.05, 0.1) is 44.7 Å². The Morgan fingerprint density at radius 1 is 1.30 bits per heavy atom. The van der Waals surface area contributed by atoms with Gasteiger partial charge in [0.15, 0.2) is 0 Å². The Labute approximate surface area is 161 Å². The largest absolute Gasteiger partial charge is 0.497 e. The van der Waals surface area contributed by atoms with Crippen LogP contribution in [0.15, 0.2) is 35.4 Å². The molecular weight excluding hydrogens is 364 g/mol. The Balaban J connectivity index is 1.38. The van der Waals surface area contributed by atoms with Crippen molar-refractivity contribution in [2.75, 3.05) is 13.7 Å². The highest BCUT2D eigenvalue weighted by atomic mass is 32.1. The van der Waals surface area contributed by atoms with Crippen molar-refractivity contribution in [2.24, 2.45) is 0 Å². The van der Waals surface area contributed by atoms with E-state index < -0.39 is 6.10 Å². The average molecular weight is 386 g/mol. The van der Waals surface area contributed by atoms with E-state index in [0.717, 1.165) is 46.4 Å². The van der Waals surface area contributed by atoms with E-state index >= 15 is 0 Å². The van der Waals surface area contributed by atoms with E-state index in [1.807, 2.05) is 24.3 Å². The first-order valence-corrected chi connectivity index (χ1v) is 9.86. The molecule has 142 valence electrons. The van der Waals surface area contributed by atoms with Crippen LogP contribution in [0.2, 0.25) is 0 Å². The van der Waals surface area contributed by atoms with Crippen LogP contribution in [0.1, 0.15) is 22.4 Å². The minimum atomic E-state index is -0.771. The fraction of sp³-hybridized carbons (Fsp3) is 0.400. The van der Waals surface area contributed by atoms with Gasteiger partial charge in [0, 0.05) is 4.88 Å². The lowest BCUT2D eigenvalue weighted by molar-refractivity contribution is 0.0198. The van der Waals surface area contributed by atoms with Gasteiger partial charge in [-0.3, -0.25) is 9.36 Å². The highest BCUT2D eigenvalue weighted by molar-refractivity contribution is 7.18. The van der Waals surface area contributed by atoms with Crippen LogP contribution in [0.25, 0.3) is 10.2 Å². The number of ether oxygens (including phenoxy) is 2. The second-order valence-electron chi connectivity index (χ2n) is 6.76. The van der Waals surface area contributed by atoms with E-state index in [1.165, 1.54) is 15.8 Å². The van der Waals surface area contributed by atoms with E-state index in [9.17, 15) is 9.90 Å². The van der Waals surface area contributed by atoms with E-state index in [0.29, 0.717) is 6.61 Å². The molecule has 0 saturated heterocycles. The molecule has 1 aromatic carbocycles. The molecule has 0 aliphatic heterocycles. The molecular formula is C20H22N2O4S. The maximum Gasteiger partial charge on any atom is 0.262 e. The Morgan fingerprint density at radius 2 is 2.11 bits per heavy atom. The molecule has 1 N–H and O–H groups in total. The summed E-state index contributed by atoms with van der Waals surface area (Å²) >= 11 is 1.62. The van der Waals surface area contributed by atoms with Crippen LogP contribution in [0.3, 0.4) is 0 Å². The standard InChI is InChI=1S/C20H22N2O4S/c1-25-15-7-5-13(6-8-15)10-26-11-14(23)9-22-12-21-19-18(20(22)24)16-3-2-4-17(16)27-19/h5-8,12,14,23H,2-4,9-11H2,1H3. The molecule has 1 unspecified atom stereocenters. The number of aliphatic hydroxyl groups is 1. The van der Waals surface area contributed by atoms with Crippen LogP contribution in [0.5, 0.6) is 5.75 Å². The molecule has 2 aromatic heterocycles. The van der Waals surface area contributed by atoms with Gasteiger partial charge in [-0.2, -0.15) is 0 Å². The summed E-state index contributed by atoms with van der Waals surface area (Å²) in [6, 6.07) is 7.58. The maximum absolute atomic E-state index is 12.8. The number of hydrogen-bond donors (Lipinski definition) is 1. The minimum Gasteiger partial charge on any atom is -0.497 e. The Kier molecular flexibility index (Phi) is 5.24. The smallest absolute Gasteiger partial charge is 0.262 e. The normalized spacial score (nSPS) is 14.4. The van der Waals surface area contributed by atoms with Gasteiger partial charge in [-0.25, -0.2) is 4.98 Å². The molecule has 4 rings (SSSR count). The molecule has 1 aliphatic rings. The summed E-state index contributed by atoms with van der Waals surface area (Å²) in [6.07, 6.45) is 3.85. The number of aliphatic hydroxyl groups excluding tert-OH is 1. The summed E-state index contributed by atoms with van der Waals surface area (Å²) in [7, 11) is 1.63. The van der Waals surface area contributed by atoms with Crippen LogP contribution in [0.4, 0.5) is 0 Å². The maximum atomic E-state index is 12.8. The van der Waals surface area contributed by atoms with E-state index in [4.69, 9.17) is 9.47 Å². The van der Waals surface area contributed by atoms with Gasteiger partial charge in [-0.15, -0.1) is 11.3 Å². The molecule has 27 heavy (non-hydrogen) atoms. The fourth-order valence-corrected chi connectivity index (χ4v) is 4.68. The first kappa shape index (κ1) is 18.2. The number of methoxy groups -OCH3 is 1. The summed E-state index contributed by atoms with van der Waals surface area (Å²) in [4.78, 5) is 19.3. The summed E-state index contributed by atoms with van der Waals surface area (Å²) in [5.41, 5.74) is 2.10. The highest BCUT2D eigenvalue weighted by Crippen LogP contribution is 2.34.